The molecule has 0 aliphatic rings. The summed E-state index contributed by atoms with van der Waals surface area (Å²) in [6.45, 7) is 4.75. The molecule has 0 aliphatic carbocycles. The summed E-state index contributed by atoms with van der Waals surface area (Å²) in [7, 11) is 0. The zero-order valence-corrected chi connectivity index (χ0v) is 19.5. The van der Waals surface area contributed by atoms with E-state index in [9.17, 15) is 0 Å². The quantitative estimate of drug-likeness (QED) is 0.258. The summed E-state index contributed by atoms with van der Waals surface area (Å²) >= 11 is 12.8. The number of hydrogen-bond donors (Lipinski definition) is 0. The Labute approximate surface area is 198 Å². The smallest absolute Gasteiger partial charge is 0.180 e. The number of fused-ring (bicyclic) bond motifs is 1. The number of benzene rings is 4. The first kappa shape index (κ1) is 22.2. The van der Waals surface area contributed by atoms with Crippen molar-refractivity contribution in [3.8, 4) is 11.5 Å². The first-order valence-corrected chi connectivity index (χ1v) is 11.2. The molecule has 162 valence electrons. The van der Waals surface area contributed by atoms with Crippen molar-refractivity contribution in [2.45, 2.75) is 20.5 Å². The van der Waals surface area contributed by atoms with E-state index in [1.54, 1.807) is 6.21 Å². The van der Waals surface area contributed by atoms with E-state index in [2.05, 4.69) is 29.3 Å². The van der Waals surface area contributed by atoms with E-state index < -0.39 is 0 Å². The van der Waals surface area contributed by atoms with Crippen LogP contribution in [0.1, 0.15) is 23.6 Å². The van der Waals surface area contributed by atoms with Crippen LogP contribution in [-0.2, 0) is 6.61 Å². The van der Waals surface area contributed by atoms with Crippen molar-refractivity contribution in [3.63, 3.8) is 0 Å². The third-order valence-corrected chi connectivity index (χ3v) is 5.87. The summed E-state index contributed by atoms with van der Waals surface area (Å²) < 4.78 is 12.0. The molecule has 0 saturated carbocycles. The Kier molecular flexibility index (Phi) is 6.99. The maximum atomic E-state index is 6.61. The van der Waals surface area contributed by atoms with Crippen molar-refractivity contribution < 1.29 is 9.47 Å². The van der Waals surface area contributed by atoms with Crippen LogP contribution in [-0.4, -0.2) is 12.8 Å². The van der Waals surface area contributed by atoms with E-state index in [-0.39, 0.29) is 0 Å². The molecule has 0 N–H and O–H groups in total. The summed E-state index contributed by atoms with van der Waals surface area (Å²) in [5.41, 5.74) is 3.64. The topological polar surface area (TPSA) is 30.8 Å². The minimum atomic E-state index is 0.385. The van der Waals surface area contributed by atoms with Crippen molar-refractivity contribution in [2.24, 2.45) is 4.99 Å². The normalized spacial score (nSPS) is 11.2. The van der Waals surface area contributed by atoms with Gasteiger partial charge < -0.3 is 9.47 Å². The molecule has 0 spiro atoms. The van der Waals surface area contributed by atoms with Gasteiger partial charge in [-0.3, -0.25) is 4.99 Å². The van der Waals surface area contributed by atoms with Gasteiger partial charge in [-0.25, -0.2) is 0 Å². The first-order chi connectivity index (χ1) is 15.6. The Morgan fingerprint density at radius 1 is 0.875 bits per heavy atom. The van der Waals surface area contributed by atoms with E-state index in [1.807, 2.05) is 62.4 Å². The highest BCUT2D eigenvalue weighted by Gasteiger charge is 2.13. The second-order valence-electron chi connectivity index (χ2n) is 7.33. The number of ether oxygens (including phenoxy) is 2. The summed E-state index contributed by atoms with van der Waals surface area (Å²) in [6, 6.07) is 23.8. The van der Waals surface area contributed by atoms with Crippen LogP contribution in [0.3, 0.4) is 0 Å². The van der Waals surface area contributed by atoms with E-state index in [0.29, 0.717) is 34.8 Å². The molecule has 0 atom stereocenters. The third kappa shape index (κ3) is 4.90. The van der Waals surface area contributed by atoms with Gasteiger partial charge in [0, 0.05) is 11.2 Å². The number of aliphatic imine (C=N–C) groups is 1. The molecule has 0 fully saturated rings. The van der Waals surface area contributed by atoms with Gasteiger partial charge in [0.25, 0.3) is 0 Å². The molecule has 4 aromatic rings. The first-order valence-electron chi connectivity index (χ1n) is 10.4. The third-order valence-electron chi connectivity index (χ3n) is 5.18. The average Bonchev–Trinajstić information content (AvgIpc) is 2.80. The Morgan fingerprint density at radius 3 is 2.50 bits per heavy atom. The SMILES string of the molecule is CCOc1cc(C=Nc2cccc(Cl)c2C)cc(Cl)c1OCc1cccc2ccccc12. The van der Waals surface area contributed by atoms with Crippen molar-refractivity contribution in [3.05, 3.63) is 99.5 Å². The molecule has 0 aliphatic heterocycles. The summed E-state index contributed by atoms with van der Waals surface area (Å²) in [5.74, 6) is 1.11. The minimum absolute atomic E-state index is 0.385. The van der Waals surface area contributed by atoms with Crippen molar-refractivity contribution in [2.75, 3.05) is 6.61 Å². The molecule has 0 aromatic heterocycles. The fourth-order valence-corrected chi connectivity index (χ4v) is 3.96. The molecule has 0 unspecified atom stereocenters. The van der Waals surface area contributed by atoms with Gasteiger partial charge in [0.15, 0.2) is 11.5 Å². The van der Waals surface area contributed by atoms with E-state index >= 15 is 0 Å². The zero-order chi connectivity index (χ0) is 22.5. The molecule has 4 rings (SSSR count). The zero-order valence-electron chi connectivity index (χ0n) is 17.9. The van der Waals surface area contributed by atoms with Crippen LogP contribution in [0.2, 0.25) is 10.0 Å². The molecule has 0 radical (unpaired) electrons. The highest BCUT2D eigenvalue weighted by molar-refractivity contribution is 6.32. The fraction of sp³-hybridized carbons (Fsp3) is 0.148. The molecule has 0 bridgehead atoms. The van der Waals surface area contributed by atoms with Gasteiger partial charge in [0.2, 0.25) is 0 Å². The van der Waals surface area contributed by atoms with Gasteiger partial charge in [0.1, 0.15) is 6.61 Å². The largest absolute Gasteiger partial charge is 0.490 e. The van der Waals surface area contributed by atoms with Gasteiger partial charge in [-0.15, -0.1) is 0 Å². The summed E-state index contributed by atoms with van der Waals surface area (Å²) in [6.07, 6.45) is 1.75. The molecule has 4 aromatic carbocycles. The van der Waals surface area contributed by atoms with Crippen molar-refractivity contribution in [1.82, 2.24) is 0 Å². The number of nitrogens with zero attached hydrogens (tertiary/aromatic N) is 1. The molecular formula is C27H23Cl2NO2. The highest BCUT2D eigenvalue weighted by Crippen LogP contribution is 2.37. The van der Waals surface area contributed by atoms with Crippen LogP contribution < -0.4 is 9.47 Å². The maximum Gasteiger partial charge on any atom is 0.180 e. The average molecular weight is 464 g/mol. The van der Waals surface area contributed by atoms with Gasteiger partial charge in [0.05, 0.1) is 17.3 Å². The summed E-state index contributed by atoms with van der Waals surface area (Å²) in [4.78, 5) is 4.57. The second-order valence-corrected chi connectivity index (χ2v) is 8.15. The minimum Gasteiger partial charge on any atom is -0.490 e. The summed E-state index contributed by atoms with van der Waals surface area (Å²) in [5, 5.41) is 3.49. The lowest BCUT2D eigenvalue weighted by Crippen LogP contribution is -2.02. The molecule has 5 heteroatoms. The van der Waals surface area contributed by atoms with Gasteiger partial charge >= 0.3 is 0 Å². The molecular weight excluding hydrogens is 441 g/mol. The monoisotopic (exact) mass is 463 g/mol. The lowest BCUT2D eigenvalue weighted by molar-refractivity contribution is 0.270. The number of hydrogen-bond acceptors (Lipinski definition) is 3. The molecule has 0 saturated heterocycles. The van der Waals surface area contributed by atoms with E-state index in [1.165, 1.54) is 5.39 Å². The Morgan fingerprint density at radius 2 is 1.66 bits per heavy atom. The van der Waals surface area contributed by atoms with Crippen LogP contribution in [0, 0.1) is 6.92 Å². The van der Waals surface area contributed by atoms with Gasteiger partial charge in [-0.2, -0.15) is 0 Å². The molecule has 32 heavy (non-hydrogen) atoms. The van der Waals surface area contributed by atoms with E-state index in [0.717, 1.165) is 27.8 Å². The highest BCUT2D eigenvalue weighted by atomic mass is 35.5. The van der Waals surface area contributed by atoms with E-state index in [4.69, 9.17) is 32.7 Å². The van der Waals surface area contributed by atoms with Gasteiger partial charge in [-0.05, 0) is 65.6 Å². The lowest BCUT2D eigenvalue weighted by atomic mass is 10.1. The molecule has 0 heterocycles. The lowest BCUT2D eigenvalue weighted by Gasteiger charge is -2.15. The molecule has 3 nitrogen and oxygen atoms in total. The van der Waals surface area contributed by atoms with Crippen LogP contribution in [0.5, 0.6) is 11.5 Å². The van der Waals surface area contributed by atoms with Crippen LogP contribution in [0.4, 0.5) is 5.69 Å². The van der Waals surface area contributed by atoms with Gasteiger partial charge in [-0.1, -0.05) is 71.7 Å². The Balaban J connectivity index is 1.61. The van der Waals surface area contributed by atoms with Crippen LogP contribution in [0.25, 0.3) is 10.8 Å². The predicted octanol–water partition coefficient (Wildman–Crippen LogP) is 8.18. The Bertz CT molecular complexity index is 1280. The van der Waals surface area contributed by atoms with Crippen molar-refractivity contribution in [1.29, 1.82) is 0 Å². The number of halogens is 2. The fourth-order valence-electron chi connectivity index (χ4n) is 3.51. The van der Waals surface area contributed by atoms with Crippen LogP contribution in [0.15, 0.2) is 77.8 Å². The standard InChI is InChI=1S/C27H23Cl2NO2/c1-3-31-26-15-19(16-30-25-13-7-12-23(28)18(25)2)14-24(29)27(26)32-17-21-10-6-9-20-8-4-5-11-22(20)21/h4-16H,3,17H2,1-2H3. The Hall–Kier alpha value is -3.01. The van der Waals surface area contributed by atoms with Crippen molar-refractivity contribution >= 4 is 45.9 Å². The maximum absolute atomic E-state index is 6.61. The second kappa shape index (κ2) is 10.1. The number of rotatable bonds is 7. The van der Waals surface area contributed by atoms with Crippen LogP contribution >= 0.6 is 23.2 Å². The predicted molar refractivity (Wildman–Crippen MR) is 134 cm³/mol. The molecule has 0 amide bonds.